The quantitative estimate of drug-likeness (QED) is 0.460. The summed E-state index contributed by atoms with van der Waals surface area (Å²) in [6.07, 6.45) is 2.21. The van der Waals surface area contributed by atoms with Crippen LogP contribution in [0.3, 0.4) is 0 Å². The van der Waals surface area contributed by atoms with E-state index in [0.29, 0.717) is 13.0 Å². The Labute approximate surface area is 150 Å². The molecule has 9 heteroatoms. The summed E-state index contributed by atoms with van der Waals surface area (Å²) in [5.74, 6) is -1.47. The first-order chi connectivity index (χ1) is 12.4. The van der Waals surface area contributed by atoms with Crippen molar-refractivity contribution < 1.29 is 32.6 Å². The van der Waals surface area contributed by atoms with E-state index in [9.17, 15) is 23.2 Å². The van der Waals surface area contributed by atoms with Crippen LogP contribution in [0.5, 0.6) is 5.75 Å². The normalized spacial score (nSPS) is 10.3. The van der Waals surface area contributed by atoms with Gasteiger partial charge in [0.2, 0.25) is 5.91 Å². The van der Waals surface area contributed by atoms with Crippen molar-refractivity contribution in [3.05, 3.63) is 24.3 Å². The monoisotopic (exact) mass is 372 g/mol. The molecule has 0 atom stereocenters. The van der Waals surface area contributed by atoms with Crippen LogP contribution in [-0.2, 0) is 19.1 Å². The third-order valence-electron chi connectivity index (χ3n) is 3.17. The zero-order valence-corrected chi connectivity index (χ0v) is 14.4. The summed E-state index contributed by atoms with van der Waals surface area (Å²) < 4.78 is 33.7. The molecule has 0 saturated carbocycles. The third-order valence-corrected chi connectivity index (χ3v) is 3.17. The second-order valence-electron chi connectivity index (χ2n) is 5.38. The van der Waals surface area contributed by atoms with E-state index in [2.05, 4.69) is 15.4 Å². The van der Waals surface area contributed by atoms with E-state index in [-0.39, 0.29) is 23.8 Å². The van der Waals surface area contributed by atoms with Crippen molar-refractivity contribution in [1.29, 1.82) is 0 Å². The van der Waals surface area contributed by atoms with Gasteiger partial charge >= 0.3 is 12.6 Å². The minimum atomic E-state index is -3.02. The van der Waals surface area contributed by atoms with Crippen LogP contribution in [0.25, 0.3) is 0 Å². The number of esters is 1. The number of ether oxygens (including phenoxy) is 2. The van der Waals surface area contributed by atoms with Gasteiger partial charge in [0.25, 0.3) is 5.91 Å². The summed E-state index contributed by atoms with van der Waals surface area (Å²) in [6.45, 7) is -1.56. The molecule has 144 valence electrons. The van der Waals surface area contributed by atoms with Crippen LogP contribution >= 0.6 is 0 Å². The lowest BCUT2D eigenvalue weighted by molar-refractivity contribution is -0.147. The van der Waals surface area contributed by atoms with Crippen molar-refractivity contribution in [2.75, 3.05) is 18.5 Å². The van der Waals surface area contributed by atoms with Crippen LogP contribution in [-0.4, -0.2) is 37.5 Å². The van der Waals surface area contributed by atoms with E-state index < -0.39 is 25.1 Å². The van der Waals surface area contributed by atoms with Crippen LogP contribution in [0.1, 0.15) is 32.6 Å². The second-order valence-corrected chi connectivity index (χ2v) is 5.38. The Morgan fingerprint density at radius 1 is 1.12 bits per heavy atom. The number of benzene rings is 1. The summed E-state index contributed by atoms with van der Waals surface area (Å²) in [6, 6.07) is 5.71. The highest BCUT2D eigenvalue weighted by Gasteiger charge is 2.13. The average molecular weight is 372 g/mol. The van der Waals surface area contributed by atoms with Gasteiger partial charge < -0.3 is 20.1 Å². The second kappa shape index (κ2) is 11.8. The smallest absolute Gasteiger partial charge is 0.387 e. The molecule has 0 spiro atoms. The standard InChI is InChI=1S/C17H22F2N2O5/c1-12(22)20-10-6-2-3-9-16(24)25-11-15(23)21-13-7-4-5-8-14(13)26-17(18)19/h4-5,7-8,17H,2-3,6,9-11H2,1H3,(H,20,22)(H,21,23). The summed E-state index contributed by atoms with van der Waals surface area (Å²) in [7, 11) is 0. The van der Waals surface area contributed by atoms with E-state index in [0.717, 1.165) is 12.8 Å². The maximum Gasteiger partial charge on any atom is 0.387 e. The van der Waals surface area contributed by atoms with Gasteiger partial charge in [-0.2, -0.15) is 8.78 Å². The molecule has 2 amide bonds. The van der Waals surface area contributed by atoms with E-state index in [1.54, 1.807) is 6.07 Å². The van der Waals surface area contributed by atoms with Crippen LogP contribution in [0.4, 0.5) is 14.5 Å². The summed E-state index contributed by atoms with van der Waals surface area (Å²) in [4.78, 5) is 34.0. The number of nitrogens with one attached hydrogen (secondary N) is 2. The lowest BCUT2D eigenvalue weighted by atomic mass is 10.2. The fourth-order valence-electron chi connectivity index (χ4n) is 2.01. The van der Waals surface area contributed by atoms with Gasteiger partial charge in [0.1, 0.15) is 5.75 Å². The molecule has 1 aromatic carbocycles. The highest BCUT2D eigenvalue weighted by atomic mass is 19.3. The first-order valence-corrected chi connectivity index (χ1v) is 8.12. The highest BCUT2D eigenvalue weighted by Crippen LogP contribution is 2.25. The van der Waals surface area contributed by atoms with Gasteiger partial charge in [-0.25, -0.2) is 0 Å². The van der Waals surface area contributed by atoms with Crippen LogP contribution < -0.4 is 15.4 Å². The Morgan fingerprint density at radius 2 is 1.85 bits per heavy atom. The van der Waals surface area contributed by atoms with Crippen molar-refractivity contribution in [2.24, 2.45) is 0 Å². The van der Waals surface area contributed by atoms with Crippen LogP contribution in [0.15, 0.2) is 24.3 Å². The predicted molar refractivity (Wildman–Crippen MR) is 89.8 cm³/mol. The van der Waals surface area contributed by atoms with Crippen LogP contribution in [0, 0.1) is 0 Å². The zero-order valence-electron chi connectivity index (χ0n) is 14.4. The van der Waals surface area contributed by atoms with E-state index in [1.807, 2.05) is 0 Å². The first-order valence-electron chi connectivity index (χ1n) is 8.12. The number of halogens is 2. The molecule has 1 rings (SSSR count). The fourth-order valence-corrected chi connectivity index (χ4v) is 2.01. The molecule has 0 aromatic heterocycles. The molecule has 0 aliphatic carbocycles. The maximum absolute atomic E-state index is 12.3. The van der Waals surface area contributed by atoms with E-state index in [4.69, 9.17) is 4.74 Å². The number of rotatable bonds is 11. The van der Waals surface area contributed by atoms with Crippen LogP contribution in [0.2, 0.25) is 0 Å². The molecule has 7 nitrogen and oxygen atoms in total. The van der Waals surface area contributed by atoms with E-state index in [1.165, 1.54) is 25.1 Å². The Hall–Kier alpha value is -2.71. The molecule has 2 N–H and O–H groups in total. The van der Waals surface area contributed by atoms with E-state index >= 15 is 0 Å². The Morgan fingerprint density at radius 3 is 2.54 bits per heavy atom. The molecule has 0 unspecified atom stereocenters. The lowest BCUT2D eigenvalue weighted by Gasteiger charge is -2.11. The van der Waals surface area contributed by atoms with Crippen molar-refractivity contribution in [1.82, 2.24) is 5.32 Å². The van der Waals surface area contributed by atoms with Gasteiger partial charge in [-0.05, 0) is 25.0 Å². The summed E-state index contributed by atoms with van der Waals surface area (Å²) >= 11 is 0. The molecular weight excluding hydrogens is 350 g/mol. The molecule has 0 fully saturated rings. The number of unbranched alkanes of at least 4 members (excludes halogenated alkanes) is 2. The molecule has 0 radical (unpaired) electrons. The molecule has 0 aliphatic rings. The fraction of sp³-hybridized carbons (Fsp3) is 0.471. The molecule has 0 aliphatic heterocycles. The van der Waals surface area contributed by atoms with Crippen molar-refractivity contribution >= 4 is 23.5 Å². The summed E-state index contributed by atoms with van der Waals surface area (Å²) in [5, 5.41) is 5.00. The lowest BCUT2D eigenvalue weighted by Crippen LogP contribution is -2.21. The number of carbonyl (C=O) groups is 3. The molecule has 26 heavy (non-hydrogen) atoms. The average Bonchev–Trinajstić information content (AvgIpc) is 2.57. The SMILES string of the molecule is CC(=O)NCCCCCC(=O)OCC(=O)Nc1ccccc1OC(F)F. The number of alkyl halides is 2. The number of carbonyl (C=O) groups excluding carboxylic acids is 3. The maximum atomic E-state index is 12.3. The zero-order chi connectivity index (χ0) is 19.4. The molecular formula is C17H22F2N2O5. The number of hydrogen-bond acceptors (Lipinski definition) is 5. The molecule has 1 aromatic rings. The molecule has 0 bridgehead atoms. The third kappa shape index (κ3) is 9.55. The van der Waals surface area contributed by atoms with Gasteiger partial charge in [0, 0.05) is 19.9 Å². The number of anilines is 1. The van der Waals surface area contributed by atoms with Crippen molar-refractivity contribution in [2.45, 2.75) is 39.2 Å². The number of para-hydroxylation sites is 2. The van der Waals surface area contributed by atoms with Gasteiger partial charge in [-0.15, -0.1) is 0 Å². The summed E-state index contributed by atoms with van der Waals surface area (Å²) in [5.41, 5.74) is 0.0619. The number of hydrogen-bond donors (Lipinski definition) is 2. The minimum Gasteiger partial charge on any atom is -0.456 e. The largest absolute Gasteiger partial charge is 0.456 e. The predicted octanol–water partition coefficient (Wildman–Crippen LogP) is 2.47. The number of amides is 2. The first kappa shape index (κ1) is 21.3. The van der Waals surface area contributed by atoms with Crippen molar-refractivity contribution in [3.8, 4) is 5.75 Å². The Kier molecular flexibility index (Phi) is 9.66. The topological polar surface area (TPSA) is 93.7 Å². The molecule has 0 heterocycles. The Bertz CT molecular complexity index is 611. The van der Waals surface area contributed by atoms with Gasteiger partial charge in [0.15, 0.2) is 6.61 Å². The molecule has 0 saturated heterocycles. The van der Waals surface area contributed by atoms with Gasteiger partial charge in [-0.3, -0.25) is 14.4 Å². The van der Waals surface area contributed by atoms with Gasteiger partial charge in [0.05, 0.1) is 5.69 Å². The highest BCUT2D eigenvalue weighted by molar-refractivity contribution is 5.94. The minimum absolute atomic E-state index is 0.0619. The van der Waals surface area contributed by atoms with Crippen molar-refractivity contribution in [3.63, 3.8) is 0 Å². The van der Waals surface area contributed by atoms with Gasteiger partial charge in [-0.1, -0.05) is 18.6 Å². The Balaban J connectivity index is 2.25.